The minimum absolute atomic E-state index is 0. The molecule has 188 valence electrons. The summed E-state index contributed by atoms with van der Waals surface area (Å²) in [6.45, 7) is 1.30. The molecule has 2 aromatic carbocycles. The molecule has 0 spiro atoms. The topological polar surface area (TPSA) is 101 Å². The summed E-state index contributed by atoms with van der Waals surface area (Å²) in [7, 11) is 0. The number of halogens is 4. The summed E-state index contributed by atoms with van der Waals surface area (Å²) in [5, 5.41) is 11.5. The number of hydrogen-bond acceptors (Lipinski definition) is 5. The van der Waals surface area contributed by atoms with Crippen molar-refractivity contribution in [2.24, 2.45) is 5.73 Å². The van der Waals surface area contributed by atoms with Crippen molar-refractivity contribution in [3.63, 3.8) is 0 Å². The van der Waals surface area contributed by atoms with Crippen LogP contribution in [0.15, 0.2) is 53.1 Å². The first-order valence-corrected chi connectivity index (χ1v) is 11.1. The Morgan fingerprint density at radius 1 is 1.20 bits per heavy atom. The van der Waals surface area contributed by atoms with Gasteiger partial charge in [-0.25, -0.2) is 0 Å². The predicted octanol–water partition coefficient (Wildman–Crippen LogP) is 5.26. The van der Waals surface area contributed by atoms with Crippen molar-refractivity contribution >= 4 is 18.4 Å². The second kappa shape index (κ2) is 11.4. The molecule has 4 rings (SSSR count). The number of nitrogens with two attached hydrogens (primary N) is 1. The summed E-state index contributed by atoms with van der Waals surface area (Å²) >= 11 is 0. The summed E-state index contributed by atoms with van der Waals surface area (Å²) in [5.41, 5.74) is 5.99. The van der Waals surface area contributed by atoms with Crippen molar-refractivity contribution in [3.05, 3.63) is 65.5 Å². The van der Waals surface area contributed by atoms with E-state index in [4.69, 9.17) is 20.4 Å². The number of benzene rings is 2. The van der Waals surface area contributed by atoms with Crippen molar-refractivity contribution < 1.29 is 22.4 Å². The lowest BCUT2D eigenvalue weighted by molar-refractivity contribution is -0.138. The minimum atomic E-state index is -4.59. The third kappa shape index (κ3) is 6.66. The highest BCUT2D eigenvalue weighted by Crippen LogP contribution is 2.39. The molecule has 1 aliphatic heterocycles. The van der Waals surface area contributed by atoms with Crippen LogP contribution < -0.4 is 10.5 Å². The number of guanidine groups is 1. The van der Waals surface area contributed by atoms with Crippen molar-refractivity contribution in [1.82, 2.24) is 15.0 Å². The molecule has 1 fully saturated rings. The first kappa shape index (κ1) is 26.3. The highest BCUT2D eigenvalue weighted by Gasteiger charge is 2.35. The number of rotatable bonds is 7. The van der Waals surface area contributed by atoms with Crippen molar-refractivity contribution in [3.8, 4) is 17.1 Å². The fraction of sp³-hybridized carbons (Fsp3) is 0.375. The zero-order chi connectivity index (χ0) is 24.1. The normalized spacial score (nSPS) is 16.0. The van der Waals surface area contributed by atoms with E-state index in [1.54, 1.807) is 4.90 Å². The SMILES string of the molecule is Cl.N=C(N)N1CCCC(c2nc(-c3ccc(OCCCc4ccccc4)c(C(F)(F)F)c3)no2)C1. The molecule has 0 aliphatic carbocycles. The summed E-state index contributed by atoms with van der Waals surface area (Å²) in [5.74, 6) is 0.0241. The van der Waals surface area contributed by atoms with E-state index in [0.29, 0.717) is 31.8 Å². The van der Waals surface area contributed by atoms with Crippen LogP contribution in [0.4, 0.5) is 13.2 Å². The van der Waals surface area contributed by atoms with Gasteiger partial charge in [0.25, 0.3) is 0 Å². The van der Waals surface area contributed by atoms with Crippen LogP contribution in [-0.4, -0.2) is 40.7 Å². The van der Waals surface area contributed by atoms with Crippen molar-refractivity contribution in [1.29, 1.82) is 5.41 Å². The van der Waals surface area contributed by atoms with E-state index in [-0.39, 0.29) is 48.0 Å². The molecule has 1 saturated heterocycles. The molecule has 3 N–H and O–H groups in total. The largest absolute Gasteiger partial charge is 0.493 e. The Morgan fingerprint density at radius 3 is 2.69 bits per heavy atom. The monoisotopic (exact) mass is 509 g/mol. The molecule has 2 heterocycles. The number of alkyl halides is 3. The zero-order valence-corrected chi connectivity index (χ0v) is 19.7. The van der Waals surface area contributed by atoms with Gasteiger partial charge in [-0.1, -0.05) is 35.5 Å². The van der Waals surface area contributed by atoms with Crippen LogP contribution in [0.2, 0.25) is 0 Å². The average molecular weight is 510 g/mol. The van der Waals surface area contributed by atoms with Crippen LogP contribution in [0, 0.1) is 5.41 Å². The van der Waals surface area contributed by atoms with Crippen LogP contribution in [0.1, 0.15) is 42.2 Å². The fourth-order valence-corrected chi connectivity index (χ4v) is 4.04. The van der Waals surface area contributed by atoms with Crippen LogP contribution in [0.5, 0.6) is 5.75 Å². The van der Waals surface area contributed by atoms with E-state index >= 15 is 0 Å². The first-order valence-electron chi connectivity index (χ1n) is 11.1. The molecule has 7 nitrogen and oxygen atoms in total. The van der Waals surface area contributed by atoms with Crippen LogP contribution >= 0.6 is 12.4 Å². The maximum Gasteiger partial charge on any atom is 0.419 e. The number of aryl methyl sites for hydroxylation is 1. The number of aromatic nitrogens is 2. The van der Waals surface area contributed by atoms with Gasteiger partial charge in [0.05, 0.1) is 18.1 Å². The Morgan fingerprint density at radius 2 is 1.97 bits per heavy atom. The first-order chi connectivity index (χ1) is 16.3. The molecule has 0 saturated carbocycles. The number of nitrogens with zero attached hydrogens (tertiary/aromatic N) is 3. The van der Waals surface area contributed by atoms with Gasteiger partial charge in [-0.2, -0.15) is 18.2 Å². The van der Waals surface area contributed by atoms with E-state index in [9.17, 15) is 13.2 Å². The Labute approximate surface area is 207 Å². The van der Waals surface area contributed by atoms with Gasteiger partial charge >= 0.3 is 6.18 Å². The van der Waals surface area contributed by atoms with E-state index in [2.05, 4.69) is 10.1 Å². The summed E-state index contributed by atoms with van der Waals surface area (Å²) in [6, 6.07) is 13.5. The predicted molar refractivity (Wildman–Crippen MR) is 128 cm³/mol. The lowest BCUT2D eigenvalue weighted by Gasteiger charge is -2.30. The van der Waals surface area contributed by atoms with Gasteiger partial charge in [-0.15, -0.1) is 12.4 Å². The molecule has 1 unspecified atom stereocenters. The van der Waals surface area contributed by atoms with E-state index in [0.717, 1.165) is 24.5 Å². The number of hydrogen-bond donors (Lipinski definition) is 2. The van der Waals surface area contributed by atoms with E-state index in [1.807, 2.05) is 30.3 Å². The quantitative estimate of drug-likeness (QED) is 0.256. The summed E-state index contributed by atoms with van der Waals surface area (Å²) < 4.78 is 52.1. The third-order valence-electron chi connectivity index (χ3n) is 5.81. The molecular formula is C24H27ClF3N5O2. The standard InChI is InChI=1S/C24H26F3N5O2.ClH/c25-24(26,27)19-14-17(10-11-20(19)33-13-5-8-16-6-2-1-3-7-16)21-30-22(34-31-21)18-9-4-12-32(15-18)23(28)29;/h1-3,6-7,10-11,14,18H,4-5,8-9,12-13,15H2,(H3,28,29);1H. The van der Waals surface area contributed by atoms with Crippen LogP contribution in [0.3, 0.4) is 0 Å². The lowest BCUT2D eigenvalue weighted by atomic mass is 9.98. The molecular weight excluding hydrogens is 483 g/mol. The summed E-state index contributed by atoms with van der Waals surface area (Å²) in [6.07, 6.45) is -1.71. The second-order valence-corrected chi connectivity index (χ2v) is 8.27. The molecule has 3 aromatic rings. The van der Waals surface area contributed by atoms with Gasteiger partial charge in [0.2, 0.25) is 11.7 Å². The van der Waals surface area contributed by atoms with Gasteiger partial charge in [-0.05, 0) is 49.4 Å². The number of likely N-dealkylation sites (tertiary alicyclic amines) is 1. The molecule has 35 heavy (non-hydrogen) atoms. The molecule has 11 heteroatoms. The van der Waals surface area contributed by atoms with Crippen molar-refractivity contribution in [2.75, 3.05) is 19.7 Å². The van der Waals surface area contributed by atoms with Gasteiger partial charge in [0.1, 0.15) is 5.75 Å². The van der Waals surface area contributed by atoms with E-state index < -0.39 is 11.7 Å². The van der Waals surface area contributed by atoms with Crippen LogP contribution in [-0.2, 0) is 12.6 Å². The highest BCUT2D eigenvalue weighted by molar-refractivity contribution is 5.85. The second-order valence-electron chi connectivity index (χ2n) is 8.27. The average Bonchev–Trinajstić information content (AvgIpc) is 3.32. The number of ether oxygens (including phenoxy) is 1. The van der Waals surface area contributed by atoms with Gasteiger partial charge < -0.3 is 19.9 Å². The Balaban J connectivity index is 0.00000342. The highest BCUT2D eigenvalue weighted by atomic mass is 35.5. The van der Waals surface area contributed by atoms with E-state index in [1.165, 1.54) is 12.1 Å². The Bertz CT molecular complexity index is 1120. The fourth-order valence-electron chi connectivity index (χ4n) is 4.04. The maximum absolute atomic E-state index is 13.8. The lowest BCUT2D eigenvalue weighted by Crippen LogP contribution is -2.42. The molecule has 0 radical (unpaired) electrons. The molecule has 0 bridgehead atoms. The van der Waals surface area contributed by atoms with Gasteiger partial charge in [0, 0.05) is 18.7 Å². The minimum Gasteiger partial charge on any atom is -0.493 e. The number of piperidine rings is 1. The molecule has 1 aromatic heterocycles. The summed E-state index contributed by atoms with van der Waals surface area (Å²) in [4.78, 5) is 6.05. The Hall–Kier alpha value is -3.27. The third-order valence-corrected chi connectivity index (χ3v) is 5.81. The molecule has 0 amide bonds. The smallest absolute Gasteiger partial charge is 0.419 e. The molecule has 1 atom stereocenters. The molecule has 1 aliphatic rings. The number of nitrogens with one attached hydrogen (secondary N) is 1. The van der Waals surface area contributed by atoms with Gasteiger partial charge in [-0.3, -0.25) is 5.41 Å². The Kier molecular flexibility index (Phi) is 8.61. The maximum atomic E-state index is 13.8. The zero-order valence-electron chi connectivity index (χ0n) is 18.9. The van der Waals surface area contributed by atoms with Gasteiger partial charge in [0.15, 0.2) is 5.96 Å². The van der Waals surface area contributed by atoms with Crippen molar-refractivity contribution in [2.45, 2.75) is 37.8 Å². The van der Waals surface area contributed by atoms with Crippen LogP contribution in [0.25, 0.3) is 11.4 Å².